The van der Waals surface area contributed by atoms with Gasteiger partial charge in [-0.1, -0.05) is 42.1 Å². The van der Waals surface area contributed by atoms with E-state index >= 15 is 0 Å². The number of oxazole rings is 1. The van der Waals surface area contributed by atoms with E-state index in [1.165, 1.54) is 24.2 Å². The van der Waals surface area contributed by atoms with Crippen LogP contribution in [-0.2, 0) is 5.75 Å². The van der Waals surface area contributed by atoms with Crippen LogP contribution < -0.4 is 0 Å². The highest BCUT2D eigenvalue weighted by atomic mass is 32.2. The largest absolute Gasteiger partial charge is 0.441 e. The predicted octanol–water partition coefficient (Wildman–Crippen LogP) is 4.66. The second-order valence-corrected chi connectivity index (χ2v) is 6.55. The first-order valence-corrected chi connectivity index (χ1v) is 9.00. The lowest BCUT2D eigenvalue weighted by Gasteiger charge is -2.06. The third kappa shape index (κ3) is 3.25. The van der Waals surface area contributed by atoms with Crippen molar-refractivity contribution in [1.82, 2.24) is 19.7 Å². The normalized spacial score (nSPS) is 11.0. The van der Waals surface area contributed by atoms with Crippen molar-refractivity contribution in [2.45, 2.75) is 17.8 Å². The van der Waals surface area contributed by atoms with Crippen LogP contribution in [0.1, 0.15) is 11.5 Å². The van der Waals surface area contributed by atoms with Gasteiger partial charge in [0.1, 0.15) is 17.9 Å². The van der Waals surface area contributed by atoms with Gasteiger partial charge in [-0.3, -0.25) is 4.57 Å². The van der Waals surface area contributed by atoms with Crippen LogP contribution in [0.2, 0.25) is 0 Å². The molecule has 0 fully saturated rings. The average molecular weight is 366 g/mol. The molecule has 0 bridgehead atoms. The van der Waals surface area contributed by atoms with E-state index in [0.717, 1.165) is 17.0 Å². The Labute approximate surface area is 153 Å². The maximum atomic E-state index is 14.0. The van der Waals surface area contributed by atoms with Crippen LogP contribution in [0, 0.1) is 12.7 Å². The monoisotopic (exact) mass is 366 g/mol. The van der Waals surface area contributed by atoms with Gasteiger partial charge >= 0.3 is 0 Å². The van der Waals surface area contributed by atoms with Gasteiger partial charge in [0.2, 0.25) is 5.89 Å². The van der Waals surface area contributed by atoms with Gasteiger partial charge in [0.25, 0.3) is 0 Å². The Morgan fingerprint density at radius 3 is 2.65 bits per heavy atom. The third-order valence-electron chi connectivity index (χ3n) is 3.88. The van der Waals surface area contributed by atoms with E-state index in [4.69, 9.17) is 4.42 Å². The number of aromatic nitrogens is 4. The summed E-state index contributed by atoms with van der Waals surface area (Å²) >= 11 is 1.43. The fourth-order valence-electron chi connectivity index (χ4n) is 2.53. The lowest BCUT2D eigenvalue weighted by Crippen LogP contribution is -1.98. The summed E-state index contributed by atoms with van der Waals surface area (Å²) in [5, 5.41) is 8.60. The second-order valence-electron chi connectivity index (χ2n) is 5.61. The molecule has 0 saturated heterocycles. The molecule has 0 aliphatic rings. The first-order chi connectivity index (χ1) is 12.7. The zero-order valence-electron chi connectivity index (χ0n) is 14.0. The molecule has 7 heteroatoms. The van der Waals surface area contributed by atoms with Crippen molar-refractivity contribution >= 4 is 11.8 Å². The lowest BCUT2D eigenvalue weighted by atomic mass is 10.2. The first-order valence-electron chi connectivity index (χ1n) is 8.02. The number of benzene rings is 2. The summed E-state index contributed by atoms with van der Waals surface area (Å²) in [5.41, 5.74) is 2.18. The van der Waals surface area contributed by atoms with Crippen LogP contribution in [-0.4, -0.2) is 19.7 Å². The van der Waals surface area contributed by atoms with Crippen molar-refractivity contribution in [2.75, 3.05) is 0 Å². The predicted molar refractivity (Wildman–Crippen MR) is 97.6 cm³/mol. The van der Waals surface area contributed by atoms with Crippen molar-refractivity contribution in [1.29, 1.82) is 0 Å². The Hall–Kier alpha value is -2.93. The molecule has 2 aromatic heterocycles. The molecule has 4 rings (SSSR count). The molecule has 2 heterocycles. The Balaban J connectivity index is 1.55. The first kappa shape index (κ1) is 16.5. The van der Waals surface area contributed by atoms with Crippen LogP contribution in [0.3, 0.4) is 0 Å². The molecule has 0 unspecified atom stereocenters. The van der Waals surface area contributed by atoms with Gasteiger partial charge in [-0.15, -0.1) is 10.2 Å². The lowest BCUT2D eigenvalue weighted by molar-refractivity contribution is 0.540. The molecular weight excluding hydrogens is 351 g/mol. The quantitative estimate of drug-likeness (QED) is 0.481. The number of hydrogen-bond acceptors (Lipinski definition) is 5. The zero-order chi connectivity index (χ0) is 17.9. The standard InChI is InChI=1S/C19H15FN4OS/c1-13-16(22-18(25-13)14-7-3-2-4-8-14)11-26-19-23-21-12-24(19)17-10-6-5-9-15(17)20/h2-10,12H,11H2,1H3. The van der Waals surface area contributed by atoms with Gasteiger partial charge in [-0.2, -0.15) is 0 Å². The maximum absolute atomic E-state index is 14.0. The molecule has 2 aromatic carbocycles. The summed E-state index contributed by atoms with van der Waals surface area (Å²) in [6.07, 6.45) is 1.51. The molecule has 0 N–H and O–H groups in total. The Morgan fingerprint density at radius 1 is 1.08 bits per heavy atom. The second kappa shape index (κ2) is 7.13. The summed E-state index contributed by atoms with van der Waals surface area (Å²) in [7, 11) is 0. The van der Waals surface area contributed by atoms with Gasteiger partial charge in [0.05, 0.1) is 11.4 Å². The Kier molecular flexibility index (Phi) is 4.53. The molecule has 0 saturated carbocycles. The molecular formula is C19H15FN4OS. The summed E-state index contributed by atoms with van der Waals surface area (Å²) in [6.45, 7) is 1.89. The fraction of sp³-hybridized carbons (Fsp3) is 0.105. The number of aryl methyl sites for hydroxylation is 1. The summed E-state index contributed by atoms with van der Waals surface area (Å²) in [6, 6.07) is 16.3. The number of nitrogens with zero attached hydrogens (tertiary/aromatic N) is 4. The molecule has 0 amide bonds. The van der Waals surface area contributed by atoms with Crippen molar-refractivity contribution in [3.05, 3.63) is 78.2 Å². The minimum absolute atomic E-state index is 0.321. The number of hydrogen-bond donors (Lipinski definition) is 0. The minimum Gasteiger partial charge on any atom is -0.441 e. The van der Waals surface area contributed by atoms with Gasteiger partial charge in [-0.25, -0.2) is 9.37 Å². The maximum Gasteiger partial charge on any atom is 0.226 e. The molecule has 0 aliphatic heterocycles. The molecule has 0 radical (unpaired) electrons. The van der Waals surface area contributed by atoms with Crippen LogP contribution in [0.15, 0.2) is 70.5 Å². The van der Waals surface area contributed by atoms with E-state index in [2.05, 4.69) is 15.2 Å². The van der Waals surface area contributed by atoms with Crippen LogP contribution in [0.5, 0.6) is 0 Å². The summed E-state index contributed by atoms with van der Waals surface area (Å²) < 4.78 is 21.4. The van der Waals surface area contributed by atoms with Crippen molar-refractivity contribution in [2.24, 2.45) is 0 Å². The minimum atomic E-state index is -0.321. The molecule has 130 valence electrons. The van der Waals surface area contributed by atoms with Gasteiger partial charge in [0.15, 0.2) is 5.16 Å². The van der Waals surface area contributed by atoms with Gasteiger partial charge < -0.3 is 4.42 Å². The highest BCUT2D eigenvalue weighted by Crippen LogP contribution is 2.28. The smallest absolute Gasteiger partial charge is 0.226 e. The summed E-state index contributed by atoms with van der Waals surface area (Å²) in [4.78, 5) is 4.58. The molecule has 0 atom stereocenters. The van der Waals surface area contributed by atoms with Crippen LogP contribution in [0.4, 0.5) is 4.39 Å². The Bertz CT molecular complexity index is 1030. The number of thioether (sulfide) groups is 1. The summed E-state index contributed by atoms with van der Waals surface area (Å²) in [5.74, 6) is 1.58. The van der Waals surface area contributed by atoms with Crippen molar-refractivity contribution in [3.63, 3.8) is 0 Å². The SMILES string of the molecule is Cc1oc(-c2ccccc2)nc1CSc1nncn1-c1ccccc1F. The Morgan fingerprint density at radius 2 is 1.85 bits per heavy atom. The van der Waals surface area contributed by atoms with E-state index in [9.17, 15) is 4.39 Å². The molecule has 0 aliphatic carbocycles. The van der Waals surface area contributed by atoms with E-state index < -0.39 is 0 Å². The number of para-hydroxylation sites is 1. The molecule has 5 nitrogen and oxygen atoms in total. The molecule has 0 spiro atoms. The number of halogens is 1. The van der Waals surface area contributed by atoms with E-state index in [1.807, 2.05) is 37.3 Å². The topological polar surface area (TPSA) is 56.7 Å². The van der Waals surface area contributed by atoms with E-state index in [1.54, 1.807) is 22.8 Å². The van der Waals surface area contributed by atoms with Gasteiger partial charge in [0, 0.05) is 11.3 Å². The molecule has 26 heavy (non-hydrogen) atoms. The number of rotatable bonds is 5. The van der Waals surface area contributed by atoms with Crippen LogP contribution in [0.25, 0.3) is 17.1 Å². The van der Waals surface area contributed by atoms with Crippen molar-refractivity contribution < 1.29 is 8.81 Å². The molecule has 4 aromatic rings. The van der Waals surface area contributed by atoms with E-state index in [-0.39, 0.29) is 5.82 Å². The van der Waals surface area contributed by atoms with Gasteiger partial charge in [-0.05, 0) is 31.2 Å². The van der Waals surface area contributed by atoms with E-state index in [0.29, 0.717) is 22.5 Å². The van der Waals surface area contributed by atoms with Crippen molar-refractivity contribution in [3.8, 4) is 17.1 Å². The highest BCUT2D eigenvalue weighted by molar-refractivity contribution is 7.98. The zero-order valence-corrected chi connectivity index (χ0v) is 14.8. The highest BCUT2D eigenvalue weighted by Gasteiger charge is 2.15. The third-order valence-corrected chi connectivity index (χ3v) is 4.83. The van der Waals surface area contributed by atoms with Crippen LogP contribution >= 0.6 is 11.8 Å². The average Bonchev–Trinajstić information content (AvgIpc) is 3.27. The fourth-order valence-corrected chi connectivity index (χ4v) is 3.46.